The van der Waals surface area contributed by atoms with Crippen molar-refractivity contribution in [2.45, 2.75) is 19.4 Å². The maximum Gasteiger partial charge on any atom is 0.184 e. The van der Waals surface area contributed by atoms with Gasteiger partial charge in [0.25, 0.3) is 0 Å². The van der Waals surface area contributed by atoms with E-state index in [2.05, 4.69) is 10.3 Å². The van der Waals surface area contributed by atoms with Gasteiger partial charge in [-0.1, -0.05) is 12.1 Å². The fourth-order valence-corrected chi connectivity index (χ4v) is 3.02. The number of aromatic nitrogens is 2. The normalized spacial score (nSPS) is 13.6. The third kappa shape index (κ3) is 5.08. The number of imidazole rings is 1. The van der Waals surface area contributed by atoms with Gasteiger partial charge in [-0.2, -0.15) is 0 Å². The Balaban J connectivity index is 1.78. The molecule has 0 saturated heterocycles. The van der Waals surface area contributed by atoms with Gasteiger partial charge in [-0.25, -0.2) is 4.98 Å². The number of nitrogens with zero attached hydrogens (tertiary/aromatic N) is 2. The van der Waals surface area contributed by atoms with Crippen molar-refractivity contribution in [3.8, 4) is 11.3 Å². The Hall–Kier alpha value is -3.45. The molecule has 7 heteroatoms. The molecule has 0 aliphatic carbocycles. The molecule has 0 spiro atoms. The van der Waals surface area contributed by atoms with Crippen LogP contribution >= 0.6 is 0 Å². The number of ether oxygens (including phenoxy) is 1. The van der Waals surface area contributed by atoms with E-state index in [-0.39, 0.29) is 6.10 Å². The van der Waals surface area contributed by atoms with Gasteiger partial charge in [0.1, 0.15) is 5.65 Å². The zero-order valence-electron chi connectivity index (χ0n) is 16.8. The highest BCUT2D eigenvalue weighted by Crippen LogP contribution is 2.24. The Morgan fingerprint density at radius 2 is 2.07 bits per heavy atom. The first kappa shape index (κ1) is 20.3. The molecule has 2 aromatic heterocycles. The molecule has 1 atom stereocenters. The third-order valence-corrected chi connectivity index (χ3v) is 4.59. The molecule has 3 aromatic rings. The number of allylic oxidation sites excluding steroid dienone is 2. The summed E-state index contributed by atoms with van der Waals surface area (Å²) >= 11 is 0. The zero-order valence-corrected chi connectivity index (χ0v) is 16.8. The van der Waals surface area contributed by atoms with E-state index in [1.54, 1.807) is 12.2 Å². The lowest BCUT2D eigenvalue weighted by Gasteiger charge is -2.13. The minimum absolute atomic E-state index is 0.0278. The first-order valence-electron chi connectivity index (χ1n) is 9.55. The van der Waals surface area contributed by atoms with Crippen LogP contribution in [0.15, 0.2) is 66.8 Å². The Labute approximate surface area is 170 Å². The molecule has 2 heterocycles. The summed E-state index contributed by atoms with van der Waals surface area (Å²) in [6, 6.07) is 11.6. The largest absolute Gasteiger partial charge is 0.476 e. The molecule has 152 valence electrons. The topological polar surface area (TPSA) is 117 Å². The van der Waals surface area contributed by atoms with Crippen LogP contribution in [-0.2, 0) is 4.74 Å². The first-order chi connectivity index (χ1) is 14.0. The Bertz CT molecular complexity index is 1040. The van der Waals surface area contributed by atoms with Crippen LogP contribution in [0.3, 0.4) is 0 Å². The number of nitrogen functional groups attached to an aromatic ring is 1. The van der Waals surface area contributed by atoms with Gasteiger partial charge in [0.2, 0.25) is 0 Å². The first-order valence-corrected chi connectivity index (χ1v) is 9.55. The van der Waals surface area contributed by atoms with E-state index in [9.17, 15) is 0 Å². The van der Waals surface area contributed by atoms with Gasteiger partial charge >= 0.3 is 0 Å². The number of hydrogen-bond acceptors (Lipinski definition) is 6. The number of anilines is 1. The van der Waals surface area contributed by atoms with Crippen LogP contribution in [0.2, 0.25) is 0 Å². The van der Waals surface area contributed by atoms with Gasteiger partial charge in [-0.3, -0.25) is 4.40 Å². The van der Waals surface area contributed by atoms with Gasteiger partial charge in [-0.15, -0.1) is 0 Å². The van der Waals surface area contributed by atoms with Crippen molar-refractivity contribution in [2.24, 2.45) is 11.5 Å². The number of hydrogen-bond donors (Lipinski definition) is 4. The third-order valence-electron chi connectivity index (χ3n) is 4.59. The minimum Gasteiger partial charge on any atom is -0.476 e. The van der Waals surface area contributed by atoms with Crippen LogP contribution in [0.25, 0.3) is 22.6 Å². The molecule has 1 aromatic carbocycles. The molecule has 0 aliphatic heterocycles. The Morgan fingerprint density at radius 1 is 1.24 bits per heavy atom. The van der Waals surface area contributed by atoms with Crippen LogP contribution in [0.4, 0.5) is 5.69 Å². The molecule has 7 nitrogen and oxygen atoms in total. The van der Waals surface area contributed by atoms with E-state index < -0.39 is 0 Å². The number of pyridine rings is 1. The Morgan fingerprint density at radius 3 is 2.83 bits per heavy atom. The summed E-state index contributed by atoms with van der Waals surface area (Å²) in [6.07, 6.45) is 8.09. The fourth-order valence-electron chi connectivity index (χ4n) is 3.02. The lowest BCUT2D eigenvalue weighted by molar-refractivity contribution is 0.122. The number of nitrogens with two attached hydrogens (primary N) is 3. The Kier molecular flexibility index (Phi) is 6.41. The lowest BCUT2D eigenvalue weighted by Crippen LogP contribution is -2.19. The number of rotatable bonds is 8. The summed E-state index contributed by atoms with van der Waals surface area (Å²) in [5, 5.41) is 3.09. The molecule has 0 bridgehead atoms. The molecule has 0 fully saturated rings. The molecule has 0 amide bonds. The predicted octanol–water partition coefficient (Wildman–Crippen LogP) is 2.70. The quantitative estimate of drug-likeness (QED) is 0.266. The van der Waals surface area contributed by atoms with E-state index in [1.165, 1.54) is 0 Å². The molecule has 7 N–H and O–H groups in total. The highest BCUT2D eigenvalue weighted by molar-refractivity contribution is 5.71. The fraction of sp³-hybridized carbons (Fsp3) is 0.227. The van der Waals surface area contributed by atoms with E-state index in [0.29, 0.717) is 17.3 Å². The summed E-state index contributed by atoms with van der Waals surface area (Å²) in [4.78, 5) is 4.50. The van der Waals surface area contributed by atoms with Crippen LogP contribution in [0.5, 0.6) is 0 Å². The van der Waals surface area contributed by atoms with Gasteiger partial charge in [0.05, 0.1) is 18.0 Å². The molecule has 0 aliphatic rings. The predicted molar refractivity (Wildman–Crippen MR) is 119 cm³/mol. The second kappa shape index (κ2) is 9.16. The van der Waals surface area contributed by atoms with Crippen molar-refractivity contribution in [2.75, 3.05) is 19.3 Å². The molecular formula is C22H28N6O. The second-order valence-corrected chi connectivity index (χ2v) is 6.92. The summed E-state index contributed by atoms with van der Waals surface area (Å²) in [5.41, 5.74) is 23.0. The number of benzene rings is 1. The standard InChI is InChI=1S/C22H28N6O/c1-15(8-10-26-2)29-21(25)7-6-19(24)16-9-11-28-20(14-27-22(28)13-16)17-4-3-5-18(23)12-17/h3-7,9,11-15,26H,8,10,23-25H2,1-2H3/b19-6-,21-7+. The molecule has 29 heavy (non-hydrogen) atoms. The molecule has 3 rings (SSSR count). The van der Waals surface area contributed by atoms with Crippen molar-refractivity contribution in [1.82, 2.24) is 14.7 Å². The van der Waals surface area contributed by atoms with Gasteiger partial charge in [0, 0.05) is 28.7 Å². The molecule has 0 saturated carbocycles. The SMILES string of the molecule is CNCCC(C)O/C(N)=C/C=C(\N)c1ccn2c(-c3cccc(N)c3)cnc2c1. The van der Waals surface area contributed by atoms with E-state index >= 15 is 0 Å². The van der Waals surface area contributed by atoms with Crippen molar-refractivity contribution in [3.05, 3.63) is 72.4 Å². The maximum absolute atomic E-state index is 6.22. The highest BCUT2D eigenvalue weighted by Gasteiger charge is 2.08. The average molecular weight is 393 g/mol. The van der Waals surface area contributed by atoms with Crippen LogP contribution in [0, 0.1) is 0 Å². The second-order valence-electron chi connectivity index (χ2n) is 6.92. The highest BCUT2D eigenvalue weighted by atomic mass is 16.5. The van der Waals surface area contributed by atoms with E-state index in [4.69, 9.17) is 21.9 Å². The summed E-state index contributed by atoms with van der Waals surface area (Å²) in [7, 11) is 1.91. The van der Waals surface area contributed by atoms with Gasteiger partial charge in [0.15, 0.2) is 5.88 Å². The summed E-state index contributed by atoms with van der Waals surface area (Å²) < 4.78 is 7.65. The smallest absolute Gasteiger partial charge is 0.184 e. The molecule has 1 unspecified atom stereocenters. The average Bonchev–Trinajstić information content (AvgIpc) is 3.13. The van der Waals surface area contributed by atoms with Crippen molar-refractivity contribution < 1.29 is 4.74 Å². The molecular weight excluding hydrogens is 364 g/mol. The number of nitrogens with one attached hydrogen (secondary N) is 1. The van der Waals surface area contributed by atoms with E-state index in [0.717, 1.165) is 35.4 Å². The van der Waals surface area contributed by atoms with Crippen LogP contribution < -0.4 is 22.5 Å². The minimum atomic E-state index is 0.0278. The van der Waals surface area contributed by atoms with Crippen molar-refractivity contribution in [1.29, 1.82) is 0 Å². The van der Waals surface area contributed by atoms with Gasteiger partial charge < -0.3 is 27.3 Å². The lowest BCUT2D eigenvalue weighted by atomic mass is 10.1. The van der Waals surface area contributed by atoms with E-state index in [1.807, 2.05) is 67.2 Å². The monoisotopic (exact) mass is 392 g/mol. The summed E-state index contributed by atoms with van der Waals surface area (Å²) in [5.74, 6) is 0.336. The number of fused-ring (bicyclic) bond motifs is 1. The molecule has 0 radical (unpaired) electrons. The van der Waals surface area contributed by atoms with Gasteiger partial charge in [-0.05, 0) is 63.4 Å². The summed E-state index contributed by atoms with van der Waals surface area (Å²) in [6.45, 7) is 2.85. The van der Waals surface area contributed by atoms with Crippen molar-refractivity contribution >= 4 is 17.0 Å². The maximum atomic E-state index is 6.22. The van der Waals surface area contributed by atoms with Crippen molar-refractivity contribution in [3.63, 3.8) is 0 Å². The zero-order chi connectivity index (χ0) is 20.8. The van der Waals surface area contributed by atoms with Crippen LogP contribution in [0.1, 0.15) is 18.9 Å². The van der Waals surface area contributed by atoms with Crippen LogP contribution in [-0.4, -0.2) is 29.1 Å².